The van der Waals surface area contributed by atoms with Crippen LogP contribution >= 0.6 is 11.8 Å². The molecule has 0 aliphatic carbocycles. The molecule has 2 N–H and O–H groups in total. The second kappa shape index (κ2) is 8.69. The number of anilines is 1. The number of carbonyl (C=O) groups is 3. The second-order valence-electron chi connectivity index (χ2n) is 7.24. The van der Waals surface area contributed by atoms with Crippen LogP contribution in [0.2, 0.25) is 0 Å². The van der Waals surface area contributed by atoms with Crippen molar-refractivity contribution in [1.29, 1.82) is 0 Å². The number of benzene rings is 2. The van der Waals surface area contributed by atoms with Crippen LogP contribution in [0.5, 0.6) is 0 Å². The lowest BCUT2D eigenvalue weighted by molar-refractivity contribution is -0.134. The molecule has 2 heterocycles. The van der Waals surface area contributed by atoms with E-state index in [1.807, 2.05) is 48.5 Å². The van der Waals surface area contributed by atoms with Gasteiger partial charge < -0.3 is 15.1 Å². The highest BCUT2D eigenvalue weighted by molar-refractivity contribution is 7.98. The van der Waals surface area contributed by atoms with Gasteiger partial charge in [0.25, 0.3) is 5.91 Å². The Morgan fingerprint density at radius 3 is 2.55 bits per heavy atom. The van der Waals surface area contributed by atoms with E-state index in [0.717, 1.165) is 15.5 Å². The molecule has 31 heavy (non-hydrogen) atoms. The molecular weight excluding hydrogens is 414 g/mol. The van der Waals surface area contributed by atoms with Crippen molar-refractivity contribution < 1.29 is 18.8 Å². The molecule has 1 aromatic heterocycles. The molecule has 8 heteroatoms. The molecule has 1 fully saturated rings. The molecule has 1 aliphatic rings. The van der Waals surface area contributed by atoms with Gasteiger partial charge in [0.2, 0.25) is 5.91 Å². The van der Waals surface area contributed by atoms with Gasteiger partial charge in [-0.1, -0.05) is 42.5 Å². The molecule has 0 bridgehead atoms. The maximum absolute atomic E-state index is 12.8. The Kier molecular flexibility index (Phi) is 5.81. The summed E-state index contributed by atoms with van der Waals surface area (Å²) in [6, 6.07) is 20.1. The van der Waals surface area contributed by atoms with Crippen LogP contribution in [-0.4, -0.2) is 29.3 Å². The minimum atomic E-state index is -1.33. The largest absolute Gasteiger partial charge is 0.466 e. The average molecular weight is 436 g/mol. The maximum atomic E-state index is 12.8. The van der Waals surface area contributed by atoms with Gasteiger partial charge in [-0.25, -0.2) is 4.79 Å². The quantitative estimate of drug-likeness (QED) is 0.433. The summed E-state index contributed by atoms with van der Waals surface area (Å²) in [7, 11) is 0. The molecular formula is C23H21N3O4S. The zero-order chi connectivity index (χ0) is 21.8. The third kappa shape index (κ3) is 4.34. The summed E-state index contributed by atoms with van der Waals surface area (Å²) in [6.45, 7) is 1.16. The normalized spacial score (nSPS) is 18.2. The van der Waals surface area contributed by atoms with Crippen LogP contribution in [-0.2, 0) is 20.9 Å². The first kappa shape index (κ1) is 20.7. The monoisotopic (exact) mass is 435 g/mol. The lowest BCUT2D eigenvalue weighted by atomic mass is 9.99. The maximum Gasteiger partial charge on any atom is 0.325 e. The molecule has 4 rings (SSSR count). The number of furan rings is 1. The fraction of sp³-hybridized carbons (Fsp3) is 0.174. The van der Waals surface area contributed by atoms with Crippen LogP contribution in [0.1, 0.15) is 18.2 Å². The number of thioether (sulfide) groups is 1. The van der Waals surface area contributed by atoms with Gasteiger partial charge in [-0.05, 0) is 36.8 Å². The molecule has 1 aliphatic heterocycles. The molecule has 158 valence electrons. The number of amides is 4. The van der Waals surface area contributed by atoms with Gasteiger partial charge in [0.15, 0.2) is 5.54 Å². The number of nitrogens with zero attached hydrogens (tertiary/aromatic N) is 1. The van der Waals surface area contributed by atoms with Gasteiger partial charge in [0.1, 0.15) is 12.3 Å². The van der Waals surface area contributed by atoms with Gasteiger partial charge >= 0.3 is 6.03 Å². The van der Waals surface area contributed by atoms with Crippen LogP contribution < -0.4 is 10.6 Å². The summed E-state index contributed by atoms with van der Waals surface area (Å²) >= 11 is 1.60. The summed E-state index contributed by atoms with van der Waals surface area (Å²) in [5.74, 6) is 0.0770. The minimum absolute atomic E-state index is 0.316. The van der Waals surface area contributed by atoms with Crippen molar-refractivity contribution >= 4 is 35.3 Å². The standard InChI is InChI=1S/C23H21N3O4S/c1-23(19-12-7-13-30-19)21(28)26(22(29)25-23)14-20(27)24-17-10-5-6-11-18(17)31-15-16-8-3-2-4-9-16/h2-13H,14-15H2,1H3,(H,24,27)(H,25,29)/t23-/m1/s1. The smallest absolute Gasteiger partial charge is 0.325 e. The van der Waals surface area contributed by atoms with Crippen LogP contribution in [0.15, 0.2) is 82.3 Å². The predicted molar refractivity (Wildman–Crippen MR) is 117 cm³/mol. The highest BCUT2D eigenvalue weighted by Crippen LogP contribution is 2.31. The van der Waals surface area contributed by atoms with Crippen molar-refractivity contribution in [2.24, 2.45) is 0 Å². The van der Waals surface area contributed by atoms with Crippen molar-refractivity contribution in [3.8, 4) is 0 Å². The second-order valence-corrected chi connectivity index (χ2v) is 8.26. The Labute approximate surface area is 183 Å². The number of carbonyl (C=O) groups excluding carboxylic acids is 3. The van der Waals surface area contributed by atoms with Crippen molar-refractivity contribution in [3.05, 3.63) is 84.3 Å². The zero-order valence-electron chi connectivity index (χ0n) is 16.8. The van der Waals surface area contributed by atoms with E-state index in [2.05, 4.69) is 10.6 Å². The van der Waals surface area contributed by atoms with Gasteiger partial charge in [-0.15, -0.1) is 11.8 Å². The topological polar surface area (TPSA) is 91.7 Å². The van der Waals surface area contributed by atoms with Crippen LogP contribution in [0, 0.1) is 0 Å². The van der Waals surface area contributed by atoms with E-state index in [1.165, 1.54) is 11.8 Å². The number of nitrogens with one attached hydrogen (secondary N) is 2. The number of para-hydroxylation sites is 1. The first-order valence-corrected chi connectivity index (χ1v) is 10.7. The Morgan fingerprint density at radius 1 is 1.06 bits per heavy atom. The lowest BCUT2D eigenvalue weighted by Gasteiger charge is -2.19. The highest BCUT2D eigenvalue weighted by atomic mass is 32.2. The average Bonchev–Trinajstić information content (AvgIpc) is 3.39. The summed E-state index contributed by atoms with van der Waals surface area (Å²) in [5, 5.41) is 5.43. The van der Waals surface area contributed by atoms with E-state index in [-0.39, 0.29) is 0 Å². The fourth-order valence-corrected chi connectivity index (χ4v) is 4.30. The minimum Gasteiger partial charge on any atom is -0.466 e. The van der Waals surface area contributed by atoms with E-state index in [1.54, 1.807) is 36.9 Å². The van der Waals surface area contributed by atoms with Crippen molar-refractivity contribution in [2.45, 2.75) is 23.1 Å². The zero-order valence-corrected chi connectivity index (χ0v) is 17.6. The number of imide groups is 1. The Bertz CT molecular complexity index is 1100. The van der Waals surface area contributed by atoms with Gasteiger partial charge in [0, 0.05) is 10.6 Å². The number of hydrogen-bond donors (Lipinski definition) is 2. The predicted octanol–water partition coefficient (Wildman–Crippen LogP) is 3.98. The van der Waals surface area contributed by atoms with Crippen molar-refractivity contribution in [3.63, 3.8) is 0 Å². The first-order chi connectivity index (χ1) is 15.0. The summed E-state index contributed by atoms with van der Waals surface area (Å²) < 4.78 is 5.30. The van der Waals surface area contributed by atoms with E-state index in [0.29, 0.717) is 11.4 Å². The molecule has 7 nitrogen and oxygen atoms in total. The van der Waals surface area contributed by atoms with E-state index in [9.17, 15) is 14.4 Å². The van der Waals surface area contributed by atoms with E-state index >= 15 is 0 Å². The van der Waals surface area contributed by atoms with Crippen molar-refractivity contribution in [2.75, 3.05) is 11.9 Å². The molecule has 4 amide bonds. The molecule has 2 aromatic carbocycles. The van der Waals surface area contributed by atoms with E-state index in [4.69, 9.17) is 4.42 Å². The van der Waals surface area contributed by atoms with Crippen LogP contribution in [0.4, 0.5) is 10.5 Å². The molecule has 3 aromatic rings. The Hall–Kier alpha value is -3.52. The summed E-state index contributed by atoms with van der Waals surface area (Å²) in [6.07, 6.45) is 1.43. The summed E-state index contributed by atoms with van der Waals surface area (Å²) in [5.41, 5.74) is 0.476. The van der Waals surface area contributed by atoms with E-state index < -0.39 is 29.9 Å². The third-order valence-electron chi connectivity index (χ3n) is 4.99. The van der Waals surface area contributed by atoms with Crippen molar-refractivity contribution in [1.82, 2.24) is 10.2 Å². The first-order valence-electron chi connectivity index (χ1n) is 9.71. The number of rotatable bonds is 7. The van der Waals surface area contributed by atoms with Gasteiger partial charge in [-0.2, -0.15) is 0 Å². The van der Waals surface area contributed by atoms with Gasteiger partial charge in [-0.3, -0.25) is 14.5 Å². The Morgan fingerprint density at radius 2 is 1.81 bits per heavy atom. The molecule has 0 saturated carbocycles. The highest BCUT2D eigenvalue weighted by Gasteiger charge is 2.51. The number of hydrogen-bond acceptors (Lipinski definition) is 5. The lowest BCUT2D eigenvalue weighted by Crippen LogP contribution is -2.41. The Balaban J connectivity index is 1.42. The van der Waals surface area contributed by atoms with Gasteiger partial charge in [0.05, 0.1) is 12.0 Å². The molecule has 1 saturated heterocycles. The number of urea groups is 1. The molecule has 0 radical (unpaired) electrons. The third-order valence-corrected chi connectivity index (χ3v) is 6.13. The molecule has 1 atom stereocenters. The fourth-order valence-electron chi connectivity index (χ4n) is 3.34. The van der Waals surface area contributed by atoms with Crippen LogP contribution in [0.3, 0.4) is 0 Å². The summed E-state index contributed by atoms with van der Waals surface area (Å²) in [4.78, 5) is 39.7. The SMILES string of the molecule is C[C@]1(c2ccco2)NC(=O)N(CC(=O)Nc2ccccc2SCc2ccccc2)C1=O. The van der Waals surface area contributed by atoms with Crippen LogP contribution in [0.25, 0.3) is 0 Å². The molecule has 0 spiro atoms. The molecule has 0 unspecified atom stereocenters.